The standard InChI is InChI=1S/C62H40N2O/c1-2-21-48(22-3-1)63-55-27-10-8-24-53(55)60-56(63)28-14-29-57(60)64(49-35-33-42(34-36-49)45-19-12-20-46(39-45)47-32-31-41-15-4-5-17-44(41)40-47)58-38-37-52(51-26-13-18-43-16-6-7-23-50(43)51)62-61(58)54-25-9-11-30-59(54)65-62/h1-40H. The molecule has 0 saturated heterocycles. The van der Waals surface area contributed by atoms with Crippen LogP contribution in [-0.2, 0) is 0 Å². The number of hydrogen-bond acceptors (Lipinski definition) is 2. The van der Waals surface area contributed by atoms with Gasteiger partial charge >= 0.3 is 0 Å². The van der Waals surface area contributed by atoms with Crippen LogP contribution < -0.4 is 4.90 Å². The zero-order valence-electron chi connectivity index (χ0n) is 35.4. The van der Waals surface area contributed by atoms with Crippen molar-refractivity contribution in [2.24, 2.45) is 0 Å². The van der Waals surface area contributed by atoms with Gasteiger partial charge in [0, 0.05) is 33.1 Å². The zero-order chi connectivity index (χ0) is 42.8. The zero-order valence-corrected chi connectivity index (χ0v) is 35.4. The minimum Gasteiger partial charge on any atom is -0.455 e. The first kappa shape index (κ1) is 36.9. The van der Waals surface area contributed by atoms with E-state index in [1.807, 2.05) is 0 Å². The summed E-state index contributed by atoms with van der Waals surface area (Å²) < 4.78 is 9.38. The fourth-order valence-corrected chi connectivity index (χ4v) is 10.2. The summed E-state index contributed by atoms with van der Waals surface area (Å²) >= 11 is 0. The summed E-state index contributed by atoms with van der Waals surface area (Å²) in [5.41, 5.74) is 15.3. The van der Waals surface area contributed by atoms with Crippen molar-refractivity contribution in [1.29, 1.82) is 0 Å². The highest BCUT2D eigenvalue weighted by molar-refractivity contribution is 6.21. The van der Waals surface area contributed by atoms with E-state index in [0.29, 0.717) is 0 Å². The van der Waals surface area contributed by atoms with Crippen LogP contribution >= 0.6 is 0 Å². The number of nitrogens with zero attached hydrogens (tertiary/aromatic N) is 2. The van der Waals surface area contributed by atoms with E-state index in [1.165, 1.54) is 49.0 Å². The number of aromatic nitrogens is 1. The van der Waals surface area contributed by atoms with Gasteiger partial charge in [0.1, 0.15) is 11.2 Å². The van der Waals surface area contributed by atoms with Gasteiger partial charge in [-0.1, -0.05) is 170 Å². The largest absolute Gasteiger partial charge is 0.455 e. The maximum absolute atomic E-state index is 6.99. The van der Waals surface area contributed by atoms with Crippen molar-refractivity contribution in [3.63, 3.8) is 0 Å². The van der Waals surface area contributed by atoms with Gasteiger partial charge in [-0.2, -0.15) is 0 Å². The Morgan fingerprint density at radius 2 is 0.954 bits per heavy atom. The lowest BCUT2D eigenvalue weighted by molar-refractivity contribution is 0.670. The molecule has 0 saturated carbocycles. The Balaban J connectivity index is 1.05. The van der Waals surface area contributed by atoms with Crippen LogP contribution in [0.3, 0.4) is 0 Å². The summed E-state index contributed by atoms with van der Waals surface area (Å²) in [6.07, 6.45) is 0. The van der Waals surface area contributed by atoms with Gasteiger partial charge in [-0.25, -0.2) is 0 Å². The Bertz CT molecular complexity index is 3950. The molecule has 0 aliphatic carbocycles. The van der Waals surface area contributed by atoms with E-state index in [1.54, 1.807) is 0 Å². The molecule has 13 rings (SSSR count). The van der Waals surface area contributed by atoms with Gasteiger partial charge < -0.3 is 13.9 Å². The van der Waals surface area contributed by atoms with Gasteiger partial charge in [-0.3, -0.25) is 0 Å². The molecule has 2 heterocycles. The first-order chi connectivity index (χ1) is 32.2. The highest BCUT2D eigenvalue weighted by Gasteiger charge is 2.26. The van der Waals surface area contributed by atoms with E-state index < -0.39 is 0 Å². The molecule has 0 amide bonds. The highest BCUT2D eigenvalue weighted by atomic mass is 16.3. The Labute approximate surface area is 376 Å². The molecule has 0 N–H and O–H groups in total. The number of furan rings is 1. The highest BCUT2D eigenvalue weighted by Crippen LogP contribution is 2.50. The fraction of sp³-hybridized carbons (Fsp3) is 0. The van der Waals surface area contributed by atoms with Crippen molar-refractivity contribution < 1.29 is 4.42 Å². The molecular formula is C62H40N2O. The molecule has 304 valence electrons. The van der Waals surface area contributed by atoms with E-state index >= 15 is 0 Å². The molecule has 0 bridgehead atoms. The maximum atomic E-state index is 6.99. The molecule has 65 heavy (non-hydrogen) atoms. The molecule has 11 aromatic carbocycles. The van der Waals surface area contributed by atoms with Crippen molar-refractivity contribution in [1.82, 2.24) is 4.57 Å². The number of fused-ring (bicyclic) bond motifs is 8. The molecule has 0 aliphatic rings. The molecule has 0 radical (unpaired) electrons. The van der Waals surface area contributed by atoms with Crippen molar-refractivity contribution in [2.45, 2.75) is 0 Å². The normalized spacial score (nSPS) is 11.7. The summed E-state index contributed by atoms with van der Waals surface area (Å²) in [6, 6.07) is 87.7. The number of benzene rings is 11. The molecular weight excluding hydrogens is 789 g/mol. The van der Waals surface area contributed by atoms with Crippen LogP contribution in [0, 0.1) is 0 Å². The average molecular weight is 829 g/mol. The predicted molar refractivity (Wildman–Crippen MR) is 274 cm³/mol. The molecule has 0 atom stereocenters. The first-order valence-corrected chi connectivity index (χ1v) is 22.2. The van der Waals surface area contributed by atoms with Crippen molar-refractivity contribution >= 4 is 82.4 Å². The van der Waals surface area contributed by atoms with E-state index in [-0.39, 0.29) is 0 Å². The van der Waals surface area contributed by atoms with Crippen LogP contribution in [0.4, 0.5) is 17.1 Å². The Hall–Kier alpha value is -8.66. The third-order valence-electron chi connectivity index (χ3n) is 13.2. The number of para-hydroxylation sites is 3. The van der Waals surface area contributed by atoms with Crippen molar-refractivity contribution in [3.05, 3.63) is 243 Å². The summed E-state index contributed by atoms with van der Waals surface area (Å²) in [4.78, 5) is 2.45. The monoisotopic (exact) mass is 828 g/mol. The van der Waals surface area contributed by atoms with Crippen LogP contribution in [0.2, 0.25) is 0 Å². The quantitative estimate of drug-likeness (QED) is 0.160. The van der Waals surface area contributed by atoms with Gasteiger partial charge in [0.15, 0.2) is 0 Å². The van der Waals surface area contributed by atoms with Crippen molar-refractivity contribution in [3.8, 4) is 39.1 Å². The van der Waals surface area contributed by atoms with Crippen LogP contribution in [-0.4, -0.2) is 4.57 Å². The molecule has 3 heteroatoms. The van der Waals surface area contributed by atoms with Crippen LogP contribution in [0.1, 0.15) is 0 Å². The third-order valence-corrected chi connectivity index (χ3v) is 13.2. The second kappa shape index (κ2) is 15.0. The number of anilines is 3. The summed E-state index contributed by atoms with van der Waals surface area (Å²) in [7, 11) is 0. The average Bonchev–Trinajstić information content (AvgIpc) is 3.94. The van der Waals surface area contributed by atoms with Gasteiger partial charge in [-0.05, 0) is 122 Å². The summed E-state index contributed by atoms with van der Waals surface area (Å²) in [5, 5.41) is 9.40. The minimum absolute atomic E-state index is 0.858. The topological polar surface area (TPSA) is 21.3 Å². The summed E-state index contributed by atoms with van der Waals surface area (Å²) in [6.45, 7) is 0. The minimum atomic E-state index is 0.858. The van der Waals surface area contributed by atoms with Crippen LogP contribution in [0.25, 0.3) is 104 Å². The molecule has 2 aromatic heterocycles. The van der Waals surface area contributed by atoms with Crippen LogP contribution in [0.5, 0.6) is 0 Å². The van der Waals surface area contributed by atoms with E-state index in [0.717, 1.165) is 72.4 Å². The van der Waals surface area contributed by atoms with Crippen LogP contribution in [0.15, 0.2) is 247 Å². The van der Waals surface area contributed by atoms with E-state index in [2.05, 4.69) is 252 Å². The fourth-order valence-electron chi connectivity index (χ4n) is 10.2. The number of rotatable bonds is 7. The first-order valence-electron chi connectivity index (χ1n) is 22.2. The van der Waals surface area contributed by atoms with Crippen molar-refractivity contribution in [2.75, 3.05) is 4.90 Å². The second-order valence-electron chi connectivity index (χ2n) is 16.8. The molecule has 0 spiro atoms. The SMILES string of the molecule is c1ccc(-n2c3ccccc3c3c(N(c4ccc(-c5cccc(-c6ccc7ccccc7c6)c5)cc4)c4ccc(-c5cccc6ccccc56)c5oc6ccccc6c45)cccc32)cc1. The van der Waals surface area contributed by atoms with Gasteiger partial charge in [0.05, 0.1) is 27.8 Å². The van der Waals surface area contributed by atoms with Gasteiger partial charge in [0.2, 0.25) is 0 Å². The lowest BCUT2D eigenvalue weighted by atomic mass is 9.95. The summed E-state index contributed by atoms with van der Waals surface area (Å²) in [5.74, 6) is 0. The molecule has 13 aromatic rings. The Kier molecular flexibility index (Phi) is 8.53. The Morgan fingerprint density at radius 1 is 0.338 bits per heavy atom. The number of hydrogen-bond donors (Lipinski definition) is 0. The lowest BCUT2D eigenvalue weighted by Crippen LogP contribution is -2.11. The third kappa shape index (κ3) is 6.05. The predicted octanol–water partition coefficient (Wildman–Crippen LogP) is 17.5. The molecule has 0 aliphatic heterocycles. The second-order valence-corrected chi connectivity index (χ2v) is 16.8. The van der Waals surface area contributed by atoms with Gasteiger partial charge in [-0.15, -0.1) is 0 Å². The maximum Gasteiger partial charge on any atom is 0.145 e. The molecule has 0 unspecified atom stereocenters. The molecule has 3 nitrogen and oxygen atoms in total. The van der Waals surface area contributed by atoms with E-state index in [4.69, 9.17) is 4.42 Å². The lowest BCUT2D eigenvalue weighted by Gasteiger charge is -2.28. The molecule has 0 fully saturated rings. The smallest absolute Gasteiger partial charge is 0.145 e. The van der Waals surface area contributed by atoms with Gasteiger partial charge in [0.25, 0.3) is 0 Å². The van der Waals surface area contributed by atoms with E-state index in [9.17, 15) is 0 Å². The Morgan fingerprint density at radius 3 is 1.82 bits per heavy atom.